The van der Waals surface area contributed by atoms with Crippen LogP contribution in [0.3, 0.4) is 0 Å². The molecule has 0 spiro atoms. The Bertz CT molecular complexity index is 489. The van der Waals surface area contributed by atoms with Gasteiger partial charge in [-0.2, -0.15) is 0 Å². The number of unbranched alkanes of at least 4 members (excludes halogenated alkanes) is 1. The molecule has 1 heterocycles. The van der Waals surface area contributed by atoms with Crippen molar-refractivity contribution in [1.82, 2.24) is 10.2 Å². The molecule has 1 saturated heterocycles. The topological polar surface area (TPSA) is 32.3 Å². The van der Waals surface area contributed by atoms with Gasteiger partial charge in [0.1, 0.15) is 5.82 Å². The molecule has 0 radical (unpaired) electrons. The summed E-state index contributed by atoms with van der Waals surface area (Å²) in [5.41, 5.74) is 0.454. The van der Waals surface area contributed by atoms with Crippen LogP contribution in [0.2, 0.25) is 5.02 Å². The zero-order chi connectivity index (χ0) is 15.2. The van der Waals surface area contributed by atoms with Crippen LogP contribution in [0, 0.1) is 5.82 Å². The molecule has 1 N–H and O–H groups in total. The Hall–Kier alpha value is -1.13. The molecule has 1 unspecified atom stereocenters. The van der Waals surface area contributed by atoms with Crippen LogP contribution in [0.5, 0.6) is 0 Å². The first kappa shape index (κ1) is 16.2. The number of amides is 1. The van der Waals surface area contributed by atoms with Gasteiger partial charge in [-0.1, -0.05) is 24.9 Å². The molecule has 3 nitrogen and oxygen atoms in total. The van der Waals surface area contributed by atoms with Crippen molar-refractivity contribution >= 4 is 17.5 Å². The number of hydrogen-bond donors (Lipinski definition) is 1. The van der Waals surface area contributed by atoms with E-state index < -0.39 is 5.82 Å². The van der Waals surface area contributed by atoms with Crippen LogP contribution >= 0.6 is 11.6 Å². The number of carbonyl (C=O) groups excluding carboxylic acids is 1. The first-order chi connectivity index (χ1) is 10.1. The van der Waals surface area contributed by atoms with Crippen LogP contribution in [0.4, 0.5) is 4.39 Å². The summed E-state index contributed by atoms with van der Waals surface area (Å²) in [6.07, 6.45) is 4.25. The molecular formula is C16H22ClFN2O. The summed E-state index contributed by atoms with van der Waals surface area (Å²) < 4.78 is 13.2. The second-order valence-corrected chi connectivity index (χ2v) is 5.93. The van der Waals surface area contributed by atoms with Gasteiger partial charge < -0.3 is 10.2 Å². The Morgan fingerprint density at radius 3 is 2.95 bits per heavy atom. The molecule has 0 saturated carbocycles. The Morgan fingerprint density at radius 1 is 1.52 bits per heavy atom. The highest BCUT2D eigenvalue weighted by Gasteiger charge is 2.22. The van der Waals surface area contributed by atoms with Crippen molar-refractivity contribution in [3.8, 4) is 0 Å². The van der Waals surface area contributed by atoms with Gasteiger partial charge in [0.2, 0.25) is 0 Å². The Labute approximate surface area is 130 Å². The zero-order valence-corrected chi connectivity index (χ0v) is 13.1. The van der Waals surface area contributed by atoms with Gasteiger partial charge >= 0.3 is 0 Å². The minimum atomic E-state index is -0.495. The van der Waals surface area contributed by atoms with Crippen LogP contribution in [-0.4, -0.2) is 36.5 Å². The molecule has 1 aromatic rings. The highest BCUT2D eigenvalue weighted by Crippen LogP contribution is 2.18. The van der Waals surface area contributed by atoms with Gasteiger partial charge in [-0.15, -0.1) is 0 Å². The standard InChI is InChI=1S/C16H22ClFN2O/c1-2-3-9-20(11-13-5-4-8-19-13)16(21)12-6-7-15(18)14(17)10-12/h6-7,10,13,19H,2-5,8-9,11H2,1H3. The summed E-state index contributed by atoms with van der Waals surface area (Å²) in [6.45, 7) is 4.55. The van der Waals surface area contributed by atoms with E-state index in [1.54, 1.807) is 0 Å². The van der Waals surface area contributed by atoms with Crippen LogP contribution < -0.4 is 5.32 Å². The third kappa shape index (κ3) is 4.42. The molecule has 21 heavy (non-hydrogen) atoms. The van der Waals surface area contributed by atoms with Crippen LogP contribution in [-0.2, 0) is 0 Å². The smallest absolute Gasteiger partial charge is 0.253 e. The number of nitrogens with zero attached hydrogens (tertiary/aromatic N) is 1. The van der Waals surface area contributed by atoms with E-state index in [1.807, 2.05) is 4.90 Å². The molecule has 116 valence electrons. The zero-order valence-electron chi connectivity index (χ0n) is 12.4. The van der Waals surface area contributed by atoms with E-state index in [1.165, 1.54) is 18.2 Å². The average Bonchev–Trinajstić information content (AvgIpc) is 2.98. The molecule has 0 aliphatic carbocycles. The highest BCUT2D eigenvalue weighted by molar-refractivity contribution is 6.31. The molecule has 0 aromatic heterocycles. The van der Waals surface area contributed by atoms with Crippen molar-refractivity contribution in [3.05, 3.63) is 34.6 Å². The van der Waals surface area contributed by atoms with Gasteiger partial charge in [-0.25, -0.2) is 4.39 Å². The summed E-state index contributed by atoms with van der Waals surface area (Å²) >= 11 is 5.78. The number of benzene rings is 1. The number of carbonyl (C=O) groups is 1. The van der Waals surface area contributed by atoms with Gasteiger partial charge in [-0.05, 0) is 44.0 Å². The fourth-order valence-corrected chi connectivity index (χ4v) is 2.80. The molecular weight excluding hydrogens is 291 g/mol. The first-order valence-electron chi connectivity index (χ1n) is 7.59. The summed E-state index contributed by atoms with van der Waals surface area (Å²) in [7, 11) is 0. The number of rotatable bonds is 6. The first-order valence-corrected chi connectivity index (χ1v) is 7.97. The molecule has 1 amide bonds. The SMILES string of the molecule is CCCCN(CC1CCCN1)C(=O)c1ccc(F)c(Cl)c1. The van der Waals surface area contributed by atoms with Crippen molar-refractivity contribution < 1.29 is 9.18 Å². The maximum Gasteiger partial charge on any atom is 0.253 e. The highest BCUT2D eigenvalue weighted by atomic mass is 35.5. The van der Waals surface area contributed by atoms with E-state index in [4.69, 9.17) is 11.6 Å². The van der Waals surface area contributed by atoms with Crippen molar-refractivity contribution in [3.63, 3.8) is 0 Å². The fraction of sp³-hybridized carbons (Fsp3) is 0.562. The summed E-state index contributed by atoms with van der Waals surface area (Å²) in [6, 6.07) is 4.54. The Morgan fingerprint density at radius 2 is 2.33 bits per heavy atom. The maximum atomic E-state index is 13.2. The van der Waals surface area contributed by atoms with Crippen molar-refractivity contribution in [1.29, 1.82) is 0 Å². The molecule has 2 rings (SSSR count). The second-order valence-electron chi connectivity index (χ2n) is 5.53. The summed E-state index contributed by atoms with van der Waals surface area (Å²) in [5.74, 6) is -0.565. The monoisotopic (exact) mass is 312 g/mol. The molecule has 1 aliphatic heterocycles. The summed E-state index contributed by atoms with van der Waals surface area (Å²) in [5, 5.41) is 3.41. The van der Waals surface area contributed by atoms with E-state index in [0.29, 0.717) is 18.2 Å². The third-order valence-corrected chi connectivity index (χ3v) is 4.13. The van der Waals surface area contributed by atoms with Crippen LogP contribution in [0.1, 0.15) is 43.0 Å². The minimum absolute atomic E-state index is 0.00437. The fourth-order valence-electron chi connectivity index (χ4n) is 2.62. The minimum Gasteiger partial charge on any atom is -0.337 e. The van der Waals surface area contributed by atoms with Crippen LogP contribution in [0.25, 0.3) is 0 Å². The van der Waals surface area contributed by atoms with E-state index in [0.717, 1.165) is 38.8 Å². The lowest BCUT2D eigenvalue weighted by atomic mass is 10.1. The quantitative estimate of drug-likeness (QED) is 0.872. The van der Waals surface area contributed by atoms with E-state index in [2.05, 4.69) is 12.2 Å². The number of nitrogens with one attached hydrogen (secondary N) is 1. The van der Waals surface area contributed by atoms with Gasteiger partial charge in [0.25, 0.3) is 5.91 Å². The van der Waals surface area contributed by atoms with E-state index in [9.17, 15) is 9.18 Å². The molecule has 0 bridgehead atoms. The average molecular weight is 313 g/mol. The maximum absolute atomic E-state index is 13.2. The van der Waals surface area contributed by atoms with Crippen molar-refractivity contribution in [2.45, 2.75) is 38.6 Å². The predicted molar refractivity (Wildman–Crippen MR) is 83.2 cm³/mol. The van der Waals surface area contributed by atoms with Gasteiger partial charge in [0, 0.05) is 24.7 Å². The number of halogens is 2. The Kier molecular flexibility index (Phi) is 6.00. The molecule has 1 atom stereocenters. The largest absolute Gasteiger partial charge is 0.337 e. The molecule has 1 fully saturated rings. The predicted octanol–water partition coefficient (Wildman–Crippen LogP) is 3.47. The number of hydrogen-bond acceptors (Lipinski definition) is 2. The molecule has 1 aliphatic rings. The van der Waals surface area contributed by atoms with E-state index in [-0.39, 0.29) is 10.9 Å². The molecule has 1 aromatic carbocycles. The summed E-state index contributed by atoms with van der Waals surface area (Å²) in [4.78, 5) is 14.5. The van der Waals surface area contributed by atoms with Crippen molar-refractivity contribution in [2.75, 3.05) is 19.6 Å². The van der Waals surface area contributed by atoms with Gasteiger partial charge in [-0.3, -0.25) is 4.79 Å². The second kappa shape index (κ2) is 7.76. The molecule has 5 heteroatoms. The normalized spacial score (nSPS) is 18.0. The Balaban J connectivity index is 2.09. The van der Waals surface area contributed by atoms with Gasteiger partial charge in [0.05, 0.1) is 5.02 Å². The van der Waals surface area contributed by atoms with Crippen molar-refractivity contribution in [2.24, 2.45) is 0 Å². The third-order valence-electron chi connectivity index (χ3n) is 3.84. The van der Waals surface area contributed by atoms with E-state index >= 15 is 0 Å². The van der Waals surface area contributed by atoms with Gasteiger partial charge in [0.15, 0.2) is 0 Å². The lowest BCUT2D eigenvalue weighted by molar-refractivity contribution is 0.0739. The lowest BCUT2D eigenvalue weighted by Crippen LogP contribution is -2.41. The lowest BCUT2D eigenvalue weighted by Gasteiger charge is -2.26. The van der Waals surface area contributed by atoms with Crippen LogP contribution in [0.15, 0.2) is 18.2 Å².